The maximum Gasteiger partial charge on any atom is 0.166 e. The molecule has 0 unspecified atom stereocenters. The number of fused-ring (bicyclic) bond motifs is 1. The van der Waals surface area contributed by atoms with E-state index in [0.29, 0.717) is 25.0 Å². The highest BCUT2D eigenvalue weighted by atomic mass is 35.5. The second-order valence-corrected chi connectivity index (χ2v) is 3.54. The molecular formula is C10H10Cl2O2. The van der Waals surface area contributed by atoms with Gasteiger partial charge in [0.25, 0.3) is 0 Å². The zero-order valence-corrected chi connectivity index (χ0v) is 9.07. The van der Waals surface area contributed by atoms with Crippen LogP contribution in [0.25, 0.3) is 0 Å². The first-order valence-corrected chi connectivity index (χ1v) is 5.46. The number of rotatable bonds is 2. The molecule has 0 saturated carbocycles. The SMILES string of the molecule is ClCc1ccc(CCl)c2c1OCCO2. The van der Waals surface area contributed by atoms with Gasteiger partial charge in [0.1, 0.15) is 13.2 Å². The van der Waals surface area contributed by atoms with Crippen molar-refractivity contribution in [3.05, 3.63) is 23.3 Å². The van der Waals surface area contributed by atoms with E-state index in [-0.39, 0.29) is 0 Å². The average molecular weight is 233 g/mol. The molecule has 0 spiro atoms. The summed E-state index contributed by atoms with van der Waals surface area (Å²) in [5.74, 6) is 2.36. The highest BCUT2D eigenvalue weighted by Gasteiger charge is 2.18. The average Bonchev–Trinajstić information content (AvgIpc) is 2.27. The standard InChI is InChI=1S/C10H10Cl2O2/c11-5-7-1-2-8(6-12)10-9(7)13-3-4-14-10/h1-2H,3-6H2. The van der Waals surface area contributed by atoms with Crippen LogP contribution in [0.4, 0.5) is 0 Å². The molecule has 2 nitrogen and oxygen atoms in total. The maximum atomic E-state index is 5.79. The highest BCUT2D eigenvalue weighted by Crippen LogP contribution is 2.38. The minimum atomic E-state index is 0.425. The van der Waals surface area contributed by atoms with Gasteiger partial charge in [-0.05, 0) is 0 Å². The van der Waals surface area contributed by atoms with E-state index in [4.69, 9.17) is 32.7 Å². The molecule has 0 atom stereocenters. The smallest absolute Gasteiger partial charge is 0.166 e. The fraction of sp³-hybridized carbons (Fsp3) is 0.400. The van der Waals surface area contributed by atoms with Crippen molar-refractivity contribution >= 4 is 23.2 Å². The Balaban J connectivity index is 2.50. The van der Waals surface area contributed by atoms with E-state index in [0.717, 1.165) is 22.6 Å². The number of hydrogen-bond donors (Lipinski definition) is 0. The summed E-state index contributed by atoms with van der Waals surface area (Å²) in [4.78, 5) is 0. The lowest BCUT2D eigenvalue weighted by Gasteiger charge is -2.22. The van der Waals surface area contributed by atoms with Gasteiger partial charge >= 0.3 is 0 Å². The molecule has 0 radical (unpaired) electrons. The summed E-state index contributed by atoms with van der Waals surface area (Å²) in [7, 11) is 0. The van der Waals surface area contributed by atoms with Crippen molar-refractivity contribution in [1.82, 2.24) is 0 Å². The summed E-state index contributed by atoms with van der Waals surface area (Å²) in [6, 6.07) is 3.86. The molecule has 0 aromatic heterocycles. The molecule has 0 amide bonds. The molecule has 1 aliphatic rings. The van der Waals surface area contributed by atoms with Crippen molar-refractivity contribution in [2.45, 2.75) is 11.8 Å². The number of ether oxygens (including phenoxy) is 2. The van der Waals surface area contributed by atoms with Gasteiger partial charge in [-0.25, -0.2) is 0 Å². The second kappa shape index (κ2) is 4.28. The number of alkyl halides is 2. The van der Waals surface area contributed by atoms with Crippen molar-refractivity contribution in [3.63, 3.8) is 0 Å². The Kier molecular flexibility index (Phi) is 3.04. The zero-order chi connectivity index (χ0) is 9.97. The van der Waals surface area contributed by atoms with Crippen LogP contribution < -0.4 is 9.47 Å². The van der Waals surface area contributed by atoms with E-state index in [1.54, 1.807) is 0 Å². The molecule has 0 aliphatic carbocycles. The molecule has 1 aromatic rings. The first-order valence-electron chi connectivity index (χ1n) is 4.39. The van der Waals surface area contributed by atoms with Crippen LogP contribution in [0, 0.1) is 0 Å². The van der Waals surface area contributed by atoms with Gasteiger partial charge in [0.15, 0.2) is 11.5 Å². The van der Waals surface area contributed by atoms with Gasteiger partial charge in [0, 0.05) is 11.1 Å². The molecular weight excluding hydrogens is 223 g/mol. The zero-order valence-electron chi connectivity index (χ0n) is 7.56. The lowest BCUT2D eigenvalue weighted by molar-refractivity contribution is 0.169. The topological polar surface area (TPSA) is 18.5 Å². The van der Waals surface area contributed by atoms with E-state index in [2.05, 4.69) is 0 Å². The molecule has 4 heteroatoms. The predicted molar refractivity (Wildman–Crippen MR) is 56.5 cm³/mol. The summed E-state index contributed by atoms with van der Waals surface area (Å²) in [6.45, 7) is 1.14. The van der Waals surface area contributed by atoms with Crippen LogP contribution in [-0.4, -0.2) is 13.2 Å². The highest BCUT2D eigenvalue weighted by molar-refractivity contribution is 6.18. The van der Waals surface area contributed by atoms with Crippen LogP contribution in [-0.2, 0) is 11.8 Å². The first-order chi connectivity index (χ1) is 6.86. The normalized spacial score (nSPS) is 14.1. The minimum absolute atomic E-state index is 0.425. The summed E-state index contributed by atoms with van der Waals surface area (Å²) in [5.41, 5.74) is 1.91. The maximum absolute atomic E-state index is 5.79. The minimum Gasteiger partial charge on any atom is -0.486 e. The Morgan fingerprint density at radius 3 is 1.71 bits per heavy atom. The molecule has 1 aliphatic heterocycles. The summed E-state index contributed by atoms with van der Waals surface area (Å²) >= 11 is 11.6. The van der Waals surface area contributed by atoms with Crippen LogP contribution in [0.5, 0.6) is 11.5 Å². The van der Waals surface area contributed by atoms with E-state index < -0.39 is 0 Å². The summed E-state index contributed by atoms with van der Waals surface area (Å²) < 4.78 is 11.0. The fourth-order valence-corrected chi connectivity index (χ4v) is 1.88. The predicted octanol–water partition coefficient (Wildman–Crippen LogP) is 2.94. The van der Waals surface area contributed by atoms with Crippen molar-refractivity contribution in [3.8, 4) is 11.5 Å². The summed E-state index contributed by atoms with van der Waals surface area (Å²) in [5, 5.41) is 0. The first kappa shape index (κ1) is 9.94. The van der Waals surface area contributed by atoms with Crippen LogP contribution >= 0.6 is 23.2 Å². The van der Waals surface area contributed by atoms with Crippen LogP contribution in [0.15, 0.2) is 12.1 Å². The molecule has 0 N–H and O–H groups in total. The number of hydrogen-bond acceptors (Lipinski definition) is 2. The van der Waals surface area contributed by atoms with Crippen LogP contribution in [0.2, 0.25) is 0 Å². The van der Waals surface area contributed by atoms with Crippen LogP contribution in [0.3, 0.4) is 0 Å². The third kappa shape index (κ3) is 1.64. The molecule has 76 valence electrons. The molecule has 2 rings (SSSR count). The lowest BCUT2D eigenvalue weighted by Crippen LogP contribution is -2.17. The van der Waals surface area contributed by atoms with Gasteiger partial charge in [0.05, 0.1) is 11.8 Å². The molecule has 0 saturated heterocycles. The Morgan fingerprint density at radius 2 is 1.36 bits per heavy atom. The Bertz CT molecular complexity index is 306. The van der Waals surface area contributed by atoms with E-state index in [1.807, 2.05) is 12.1 Å². The molecule has 0 bridgehead atoms. The molecule has 0 fully saturated rings. The Morgan fingerprint density at radius 1 is 0.929 bits per heavy atom. The largest absolute Gasteiger partial charge is 0.486 e. The van der Waals surface area contributed by atoms with Gasteiger partial charge in [-0.3, -0.25) is 0 Å². The van der Waals surface area contributed by atoms with Crippen molar-refractivity contribution in [2.75, 3.05) is 13.2 Å². The second-order valence-electron chi connectivity index (χ2n) is 3.01. The van der Waals surface area contributed by atoms with Crippen LogP contribution in [0.1, 0.15) is 11.1 Å². The van der Waals surface area contributed by atoms with Crippen molar-refractivity contribution < 1.29 is 9.47 Å². The molecule has 14 heavy (non-hydrogen) atoms. The molecule has 1 aromatic carbocycles. The number of halogens is 2. The lowest BCUT2D eigenvalue weighted by atomic mass is 10.1. The van der Waals surface area contributed by atoms with E-state index in [1.165, 1.54) is 0 Å². The third-order valence-electron chi connectivity index (χ3n) is 2.14. The van der Waals surface area contributed by atoms with Crippen molar-refractivity contribution in [1.29, 1.82) is 0 Å². The third-order valence-corrected chi connectivity index (χ3v) is 2.72. The van der Waals surface area contributed by atoms with Gasteiger partial charge in [-0.15, -0.1) is 23.2 Å². The van der Waals surface area contributed by atoms with Gasteiger partial charge in [-0.1, -0.05) is 12.1 Å². The van der Waals surface area contributed by atoms with Gasteiger partial charge in [-0.2, -0.15) is 0 Å². The quantitative estimate of drug-likeness (QED) is 0.731. The van der Waals surface area contributed by atoms with E-state index in [9.17, 15) is 0 Å². The molecule has 1 heterocycles. The fourth-order valence-electron chi connectivity index (χ4n) is 1.46. The number of benzene rings is 1. The van der Waals surface area contributed by atoms with Crippen molar-refractivity contribution in [2.24, 2.45) is 0 Å². The van der Waals surface area contributed by atoms with Gasteiger partial charge < -0.3 is 9.47 Å². The Hall–Kier alpha value is -0.600. The van der Waals surface area contributed by atoms with Gasteiger partial charge in [0.2, 0.25) is 0 Å². The Labute approximate surface area is 92.7 Å². The monoisotopic (exact) mass is 232 g/mol. The van der Waals surface area contributed by atoms with E-state index >= 15 is 0 Å². The summed E-state index contributed by atoms with van der Waals surface area (Å²) in [6.07, 6.45) is 0.